The van der Waals surface area contributed by atoms with Gasteiger partial charge >= 0.3 is 0 Å². The Morgan fingerprint density at radius 3 is 2.93 bits per heavy atom. The first-order valence-corrected chi connectivity index (χ1v) is 5.63. The van der Waals surface area contributed by atoms with Crippen molar-refractivity contribution in [2.75, 3.05) is 6.61 Å². The van der Waals surface area contributed by atoms with Crippen LogP contribution in [0.15, 0.2) is 0 Å². The van der Waals surface area contributed by atoms with Gasteiger partial charge < -0.3 is 10.1 Å². The lowest BCUT2D eigenvalue weighted by Gasteiger charge is -2.22. The minimum Gasteiger partial charge on any atom is -0.378 e. The fourth-order valence-corrected chi connectivity index (χ4v) is 1.61. The van der Waals surface area contributed by atoms with Crippen LogP contribution in [0.2, 0.25) is 0 Å². The van der Waals surface area contributed by atoms with E-state index in [0.29, 0.717) is 6.42 Å². The van der Waals surface area contributed by atoms with E-state index in [1.54, 1.807) is 0 Å². The van der Waals surface area contributed by atoms with Crippen LogP contribution in [0.3, 0.4) is 0 Å². The lowest BCUT2D eigenvalue weighted by Crippen LogP contribution is -2.35. The van der Waals surface area contributed by atoms with Gasteiger partial charge in [-0.15, -0.1) is 0 Å². The van der Waals surface area contributed by atoms with Crippen LogP contribution in [0, 0.1) is 0 Å². The molecule has 0 aromatic rings. The van der Waals surface area contributed by atoms with E-state index in [2.05, 4.69) is 12.2 Å². The van der Waals surface area contributed by atoms with Gasteiger partial charge in [0.2, 0.25) is 5.91 Å². The van der Waals surface area contributed by atoms with Crippen LogP contribution >= 0.6 is 0 Å². The van der Waals surface area contributed by atoms with Crippen LogP contribution in [-0.2, 0) is 9.53 Å². The van der Waals surface area contributed by atoms with Crippen LogP contribution in [0.5, 0.6) is 0 Å². The third-order valence-corrected chi connectivity index (χ3v) is 2.71. The standard InChI is InChI=1S/C11H21NO2/c1-3-9(2)12-11(13)8-10-6-4-5-7-14-10/h9-10H,3-8H2,1-2H3,(H,12,13). The molecule has 0 saturated carbocycles. The molecule has 0 radical (unpaired) electrons. The Bertz CT molecular complexity index is 176. The van der Waals surface area contributed by atoms with Gasteiger partial charge in [-0.2, -0.15) is 0 Å². The fourth-order valence-electron chi connectivity index (χ4n) is 1.61. The van der Waals surface area contributed by atoms with Crippen molar-refractivity contribution in [2.45, 2.75) is 58.1 Å². The molecule has 1 aliphatic heterocycles. The highest BCUT2D eigenvalue weighted by Gasteiger charge is 2.17. The maximum absolute atomic E-state index is 11.5. The number of amides is 1. The molecule has 2 unspecified atom stereocenters. The third-order valence-electron chi connectivity index (χ3n) is 2.71. The highest BCUT2D eigenvalue weighted by atomic mass is 16.5. The molecule has 0 aromatic heterocycles. The van der Waals surface area contributed by atoms with Crippen molar-refractivity contribution in [3.05, 3.63) is 0 Å². The summed E-state index contributed by atoms with van der Waals surface area (Å²) in [5.74, 6) is 0.131. The summed E-state index contributed by atoms with van der Waals surface area (Å²) in [5.41, 5.74) is 0. The predicted octanol–water partition coefficient (Wildman–Crippen LogP) is 1.86. The molecular weight excluding hydrogens is 178 g/mol. The first kappa shape index (κ1) is 11.5. The number of carbonyl (C=O) groups is 1. The lowest BCUT2D eigenvalue weighted by atomic mass is 10.1. The molecule has 82 valence electrons. The van der Waals surface area contributed by atoms with Crippen molar-refractivity contribution >= 4 is 5.91 Å². The fraction of sp³-hybridized carbons (Fsp3) is 0.909. The SMILES string of the molecule is CCC(C)NC(=O)CC1CCCCO1. The number of hydrogen-bond acceptors (Lipinski definition) is 2. The number of nitrogens with one attached hydrogen (secondary N) is 1. The zero-order valence-electron chi connectivity index (χ0n) is 9.21. The molecule has 14 heavy (non-hydrogen) atoms. The molecule has 1 aliphatic rings. The summed E-state index contributed by atoms with van der Waals surface area (Å²) in [6, 6.07) is 0.283. The van der Waals surface area contributed by atoms with Crippen molar-refractivity contribution in [1.82, 2.24) is 5.32 Å². The Balaban J connectivity index is 2.18. The van der Waals surface area contributed by atoms with Gasteiger partial charge in [0, 0.05) is 12.6 Å². The van der Waals surface area contributed by atoms with E-state index in [1.165, 1.54) is 6.42 Å². The molecule has 0 spiro atoms. The van der Waals surface area contributed by atoms with Gasteiger partial charge in [-0.25, -0.2) is 0 Å². The molecule has 1 saturated heterocycles. The molecule has 1 N–H and O–H groups in total. The smallest absolute Gasteiger partial charge is 0.222 e. The molecule has 1 amide bonds. The second-order valence-corrected chi connectivity index (χ2v) is 4.07. The van der Waals surface area contributed by atoms with Gasteiger partial charge in [-0.05, 0) is 32.6 Å². The summed E-state index contributed by atoms with van der Waals surface area (Å²) >= 11 is 0. The summed E-state index contributed by atoms with van der Waals surface area (Å²) in [4.78, 5) is 11.5. The van der Waals surface area contributed by atoms with Crippen molar-refractivity contribution < 1.29 is 9.53 Å². The van der Waals surface area contributed by atoms with Gasteiger partial charge in [0.25, 0.3) is 0 Å². The van der Waals surface area contributed by atoms with Gasteiger partial charge in [0.05, 0.1) is 12.5 Å². The molecule has 3 heteroatoms. The van der Waals surface area contributed by atoms with Crippen molar-refractivity contribution in [2.24, 2.45) is 0 Å². The van der Waals surface area contributed by atoms with Crippen LogP contribution in [-0.4, -0.2) is 24.7 Å². The minimum absolute atomic E-state index is 0.131. The van der Waals surface area contributed by atoms with E-state index in [9.17, 15) is 4.79 Å². The number of ether oxygens (including phenoxy) is 1. The Morgan fingerprint density at radius 1 is 1.57 bits per heavy atom. The molecule has 1 rings (SSSR count). The summed E-state index contributed by atoms with van der Waals surface area (Å²) < 4.78 is 5.50. The quantitative estimate of drug-likeness (QED) is 0.750. The topological polar surface area (TPSA) is 38.3 Å². The van der Waals surface area contributed by atoms with E-state index >= 15 is 0 Å². The molecule has 0 bridgehead atoms. The molecular formula is C11H21NO2. The van der Waals surface area contributed by atoms with Gasteiger partial charge in [0.1, 0.15) is 0 Å². The maximum Gasteiger partial charge on any atom is 0.222 e. The Morgan fingerprint density at radius 2 is 2.36 bits per heavy atom. The summed E-state index contributed by atoms with van der Waals surface area (Å²) in [7, 11) is 0. The Kier molecular flexibility index (Phi) is 4.94. The molecule has 0 aromatic carbocycles. The largest absolute Gasteiger partial charge is 0.378 e. The molecule has 1 fully saturated rings. The minimum atomic E-state index is 0.131. The van der Waals surface area contributed by atoms with Crippen molar-refractivity contribution in [1.29, 1.82) is 0 Å². The Labute approximate surface area is 86.2 Å². The number of hydrogen-bond donors (Lipinski definition) is 1. The van der Waals surface area contributed by atoms with E-state index in [-0.39, 0.29) is 18.1 Å². The highest BCUT2D eigenvalue weighted by molar-refractivity contribution is 5.76. The predicted molar refractivity (Wildman–Crippen MR) is 56.1 cm³/mol. The van der Waals surface area contributed by atoms with Gasteiger partial charge in [-0.3, -0.25) is 4.79 Å². The molecule has 3 nitrogen and oxygen atoms in total. The second kappa shape index (κ2) is 6.02. The summed E-state index contributed by atoms with van der Waals surface area (Å²) in [6.45, 7) is 4.92. The lowest BCUT2D eigenvalue weighted by molar-refractivity contribution is -0.125. The van der Waals surface area contributed by atoms with Crippen LogP contribution < -0.4 is 5.32 Å². The van der Waals surface area contributed by atoms with E-state index in [4.69, 9.17) is 4.74 Å². The highest BCUT2D eigenvalue weighted by Crippen LogP contribution is 2.15. The number of carbonyl (C=O) groups excluding carboxylic acids is 1. The van der Waals surface area contributed by atoms with Crippen LogP contribution in [0.1, 0.15) is 46.0 Å². The zero-order valence-corrected chi connectivity index (χ0v) is 9.21. The average molecular weight is 199 g/mol. The Hall–Kier alpha value is -0.570. The molecule has 2 atom stereocenters. The van der Waals surface area contributed by atoms with Crippen LogP contribution in [0.4, 0.5) is 0 Å². The van der Waals surface area contributed by atoms with E-state index in [0.717, 1.165) is 25.9 Å². The van der Waals surface area contributed by atoms with Gasteiger partial charge in [-0.1, -0.05) is 6.92 Å². The van der Waals surface area contributed by atoms with E-state index in [1.807, 2.05) is 6.92 Å². The normalized spacial score (nSPS) is 24.3. The second-order valence-electron chi connectivity index (χ2n) is 4.07. The first-order valence-electron chi connectivity index (χ1n) is 5.63. The maximum atomic E-state index is 11.5. The monoisotopic (exact) mass is 199 g/mol. The molecule has 1 heterocycles. The average Bonchev–Trinajstić information content (AvgIpc) is 2.19. The van der Waals surface area contributed by atoms with E-state index < -0.39 is 0 Å². The summed E-state index contributed by atoms with van der Waals surface area (Å²) in [5, 5.41) is 2.96. The zero-order chi connectivity index (χ0) is 10.4. The summed E-state index contributed by atoms with van der Waals surface area (Å²) in [6.07, 6.45) is 5.05. The van der Waals surface area contributed by atoms with Crippen LogP contribution in [0.25, 0.3) is 0 Å². The van der Waals surface area contributed by atoms with Gasteiger partial charge in [0.15, 0.2) is 0 Å². The molecule has 0 aliphatic carbocycles. The number of rotatable bonds is 4. The van der Waals surface area contributed by atoms with Crippen molar-refractivity contribution in [3.8, 4) is 0 Å². The third kappa shape index (κ3) is 4.09. The first-order chi connectivity index (χ1) is 6.72. The van der Waals surface area contributed by atoms with Crippen molar-refractivity contribution in [3.63, 3.8) is 0 Å².